The Labute approximate surface area is 128 Å². The number of nitrogens with zero attached hydrogens (tertiary/aromatic N) is 1. The minimum Gasteiger partial charge on any atom is -0.343 e. The van der Waals surface area contributed by atoms with E-state index in [2.05, 4.69) is 5.32 Å². The lowest BCUT2D eigenvalue weighted by molar-refractivity contribution is -0.120. The normalized spacial score (nSPS) is 15.5. The first kappa shape index (κ1) is 16.4. The summed E-state index contributed by atoms with van der Waals surface area (Å²) in [6.45, 7) is 0.806. The van der Waals surface area contributed by atoms with Crippen LogP contribution >= 0.6 is 0 Å². The van der Waals surface area contributed by atoms with Crippen LogP contribution in [0, 0.1) is 0 Å². The van der Waals surface area contributed by atoms with Crippen molar-refractivity contribution >= 4 is 21.8 Å². The molecule has 1 aromatic rings. The molecular weight excluding hydrogens is 308 g/mol. The summed E-state index contributed by atoms with van der Waals surface area (Å²) in [6.07, 6.45) is 1.73. The highest BCUT2D eigenvalue weighted by molar-refractivity contribution is 7.89. The molecule has 0 aliphatic carbocycles. The van der Waals surface area contributed by atoms with Gasteiger partial charge in [-0.1, -0.05) is 0 Å². The van der Waals surface area contributed by atoms with Crippen LogP contribution in [0.4, 0.5) is 0 Å². The number of carbonyl (C=O) groups excluding carboxylic acids is 2. The molecule has 0 bridgehead atoms. The maximum atomic E-state index is 12.3. The van der Waals surface area contributed by atoms with Crippen molar-refractivity contribution < 1.29 is 18.0 Å². The Morgan fingerprint density at radius 2 is 1.73 bits per heavy atom. The van der Waals surface area contributed by atoms with Crippen LogP contribution in [0.15, 0.2) is 29.2 Å². The van der Waals surface area contributed by atoms with Gasteiger partial charge in [-0.15, -0.1) is 0 Å². The van der Waals surface area contributed by atoms with E-state index in [0.717, 1.165) is 12.8 Å². The monoisotopic (exact) mass is 326 g/mol. The van der Waals surface area contributed by atoms with Gasteiger partial charge < -0.3 is 5.32 Å². The lowest BCUT2D eigenvalue weighted by Crippen LogP contribution is -2.40. The second kappa shape index (κ2) is 6.86. The Morgan fingerprint density at radius 1 is 1.14 bits per heavy atom. The van der Waals surface area contributed by atoms with Crippen molar-refractivity contribution in [2.45, 2.75) is 17.7 Å². The van der Waals surface area contributed by atoms with Gasteiger partial charge in [-0.3, -0.25) is 15.0 Å². The molecule has 1 saturated heterocycles. The number of nitrogens with one attached hydrogen (secondary N) is 2. The van der Waals surface area contributed by atoms with Gasteiger partial charge in [-0.25, -0.2) is 14.3 Å². The topological polar surface area (TPSA) is 122 Å². The summed E-state index contributed by atoms with van der Waals surface area (Å²) in [7, 11) is -3.49. The van der Waals surface area contributed by atoms with Crippen LogP contribution in [-0.4, -0.2) is 44.2 Å². The molecule has 2 amide bonds. The molecule has 0 aromatic heterocycles. The van der Waals surface area contributed by atoms with Crippen molar-refractivity contribution in [1.82, 2.24) is 15.0 Å². The van der Waals surface area contributed by atoms with E-state index in [1.807, 2.05) is 5.43 Å². The Kier molecular flexibility index (Phi) is 5.11. The number of hydrogen-bond donors (Lipinski definition) is 3. The van der Waals surface area contributed by atoms with Gasteiger partial charge in [-0.2, -0.15) is 4.31 Å². The van der Waals surface area contributed by atoms with Gasteiger partial charge >= 0.3 is 0 Å². The quantitative estimate of drug-likeness (QED) is 0.371. The number of rotatable bonds is 5. The molecule has 0 spiro atoms. The van der Waals surface area contributed by atoms with Crippen LogP contribution < -0.4 is 16.6 Å². The molecule has 9 heteroatoms. The van der Waals surface area contributed by atoms with Gasteiger partial charge in [0.2, 0.25) is 10.0 Å². The van der Waals surface area contributed by atoms with Crippen LogP contribution in [0.25, 0.3) is 0 Å². The smallest absolute Gasteiger partial charge is 0.253 e. The summed E-state index contributed by atoms with van der Waals surface area (Å²) in [5, 5.41) is 2.37. The summed E-state index contributed by atoms with van der Waals surface area (Å²) >= 11 is 0. The lowest BCUT2D eigenvalue weighted by Gasteiger charge is -2.15. The standard InChI is InChI=1S/C13H18N4O4S/c14-16-12(18)9-15-13(19)10-3-5-11(6-4-10)22(20,21)17-7-1-2-8-17/h3-6H,1-2,7-9,14H2,(H,15,19)(H,16,18). The van der Waals surface area contributed by atoms with Crippen LogP contribution in [0.5, 0.6) is 0 Å². The number of hydrogen-bond acceptors (Lipinski definition) is 5. The van der Waals surface area contributed by atoms with Crippen molar-refractivity contribution in [2.24, 2.45) is 5.84 Å². The summed E-state index contributed by atoms with van der Waals surface area (Å²) in [5.74, 6) is 3.90. The van der Waals surface area contributed by atoms with E-state index in [1.54, 1.807) is 0 Å². The third-order valence-corrected chi connectivity index (χ3v) is 5.30. The van der Waals surface area contributed by atoms with Crippen LogP contribution in [0.2, 0.25) is 0 Å². The molecule has 0 radical (unpaired) electrons. The number of carbonyl (C=O) groups is 2. The first-order valence-electron chi connectivity index (χ1n) is 6.83. The van der Waals surface area contributed by atoms with E-state index in [0.29, 0.717) is 13.1 Å². The number of nitrogens with two attached hydrogens (primary N) is 1. The van der Waals surface area contributed by atoms with Crippen molar-refractivity contribution in [1.29, 1.82) is 0 Å². The highest BCUT2D eigenvalue weighted by atomic mass is 32.2. The van der Waals surface area contributed by atoms with Gasteiger partial charge in [0.25, 0.3) is 11.8 Å². The number of amides is 2. The third-order valence-electron chi connectivity index (χ3n) is 3.39. The highest BCUT2D eigenvalue weighted by Crippen LogP contribution is 2.20. The maximum absolute atomic E-state index is 12.3. The van der Waals surface area contributed by atoms with E-state index in [-0.39, 0.29) is 17.0 Å². The Hall–Kier alpha value is -1.97. The van der Waals surface area contributed by atoms with Crippen LogP contribution in [-0.2, 0) is 14.8 Å². The molecule has 22 heavy (non-hydrogen) atoms. The summed E-state index contributed by atoms with van der Waals surface area (Å²) in [4.78, 5) is 22.9. The van der Waals surface area contributed by atoms with Crippen LogP contribution in [0.3, 0.4) is 0 Å². The molecule has 1 heterocycles. The molecule has 0 saturated carbocycles. The molecule has 8 nitrogen and oxygen atoms in total. The molecule has 4 N–H and O–H groups in total. The maximum Gasteiger partial charge on any atom is 0.253 e. The third kappa shape index (κ3) is 3.62. The van der Waals surface area contributed by atoms with E-state index in [4.69, 9.17) is 5.84 Å². The molecular formula is C13H18N4O4S. The average Bonchev–Trinajstić information content (AvgIpc) is 3.07. The summed E-state index contributed by atoms with van der Waals surface area (Å²) in [6, 6.07) is 5.62. The SMILES string of the molecule is NNC(=O)CNC(=O)c1ccc(S(=O)(=O)N2CCCC2)cc1. The van der Waals surface area contributed by atoms with Crippen molar-refractivity contribution in [2.75, 3.05) is 19.6 Å². The molecule has 1 aliphatic heterocycles. The Bertz CT molecular complexity index is 651. The molecule has 120 valence electrons. The number of hydrazine groups is 1. The van der Waals surface area contributed by atoms with E-state index >= 15 is 0 Å². The molecule has 1 aliphatic rings. The van der Waals surface area contributed by atoms with E-state index in [9.17, 15) is 18.0 Å². The number of benzene rings is 1. The predicted octanol–water partition coefficient (Wildman–Crippen LogP) is -0.809. The first-order chi connectivity index (χ1) is 10.4. The number of sulfonamides is 1. The Morgan fingerprint density at radius 3 is 2.27 bits per heavy atom. The molecule has 0 atom stereocenters. The molecule has 1 fully saturated rings. The van der Waals surface area contributed by atoms with E-state index in [1.165, 1.54) is 28.6 Å². The van der Waals surface area contributed by atoms with Crippen molar-refractivity contribution in [3.63, 3.8) is 0 Å². The average molecular weight is 326 g/mol. The van der Waals surface area contributed by atoms with E-state index < -0.39 is 21.8 Å². The second-order valence-electron chi connectivity index (χ2n) is 4.89. The second-order valence-corrected chi connectivity index (χ2v) is 6.82. The van der Waals surface area contributed by atoms with Gasteiger partial charge in [0.15, 0.2) is 0 Å². The van der Waals surface area contributed by atoms with Gasteiger partial charge in [0, 0.05) is 18.7 Å². The summed E-state index contributed by atoms with van der Waals surface area (Å²) in [5.41, 5.74) is 2.16. The molecule has 0 unspecified atom stereocenters. The largest absolute Gasteiger partial charge is 0.343 e. The minimum atomic E-state index is -3.49. The molecule has 2 rings (SSSR count). The summed E-state index contributed by atoms with van der Waals surface area (Å²) < 4.78 is 26.1. The highest BCUT2D eigenvalue weighted by Gasteiger charge is 2.27. The van der Waals surface area contributed by atoms with Gasteiger partial charge in [-0.05, 0) is 37.1 Å². The van der Waals surface area contributed by atoms with Crippen molar-refractivity contribution in [3.8, 4) is 0 Å². The van der Waals surface area contributed by atoms with Gasteiger partial charge in [0.1, 0.15) is 0 Å². The van der Waals surface area contributed by atoms with Gasteiger partial charge in [0.05, 0.1) is 11.4 Å². The lowest BCUT2D eigenvalue weighted by atomic mass is 10.2. The fourth-order valence-electron chi connectivity index (χ4n) is 2.17. The van der Waals surface area contributed by atoms with Crippen molar-refractivity contribution in [3.05, 3.63) is 29.8 Å². The molecule has 1 aromatic carbocycles. The zero-order valence-corrected chi connectivity index (χ0v) is 12.7. The minimum absolute atomic E-state index is 0.158. The fourth-order valence-corrected chi connectivity index (χ4v) is 3.69. The van der Waals surface area contributed by atoms with Crippen LogP contribution in [0.1, 0.15) is 23.2 Å². The Balaban J connectivity index is 2.06. The zero-order chi connectivity index (χ0) is 16.2. The predicted molar refractivity (Wildman–Crippen MR) is 79.1 cm³/mol. The first-order valence-corrected chi connectivity index (χ1v) is 8.27. The zero-order valence-electron chi connectivity index (χ0n) is 11.9. The fraction of sp³-hybridized carbons (Fsp3) is 0.385.